The third kappa shape index (κ3) is 4.52. The monoisotopic (exact) mass is 212 g/mol. The van der Waals surface area contributed by atoms with Gasteiger partial charge >= 0.3 is 0 Å². The topological polar surface area (TPSA) is 29.3 Å². The first-order chi connectivity index (χ1) is 7.07. The number of hydrogen-bond acceptors (Lipinski definition) is 2. The molecule has 1 aliphatic rings. The second kappa shape index (κ2) is 5.86. The van der Waals surface area contributed by atoms with Gasteiger partial charge in [0.2, 0.25) is 0 Å². The lowest BCUT2D eigenvalue weighted by atomic mass is 9.84. The van der Waals surface area contributed by atoms with Crippen LogP contribution in [0, 0.1) is 11.3 Å². The Bertz CT molecular complexity index is 173. The van der Waals surface area contributed by atoms with Crippen molar-refractivity contribution in [1.29, 1.82) is 0 Å². The van der Waals surface area contributed by atoms with Gasteiger partial charge in [-0.2, -0.15) is 0 Å². The summed E-state index contributed by atoms with van der Waals surface area (Å²) in [5, 5.41) is 0. The van der Waals surface area contributed by atoms with Crippen molar-refractivity contribution >= 4 is 0 Å². The second-order valence-corrected chi connectivity index (χ2v) is 5.81. The Hall–Kier alpha value is -0.0800. The van der Waals surface area contributed by atoms with Crippen LogP contribution in [0.2, 0.25) is 0 Å². The fourth-order valence-electron chi connectivity index (χ4n) is 1.98. The Morgan fingerprint density at radius 3 is 2.40 bits per heavy atom. The predicted octanol–water partition coefficient (Wildman–Crippen LogP) is 2.48. The number of hydrogen-bond donors (Lipinski definition) is 1. The molecule has 0 heterocycles. The van der Waals surface area contributed by atoms with Gasteiger partial charge in [-0.1, -0.05) is 27.2 Å². The Labute approximate surface area is 95.2 Å². The third-order valence-corrected chi connectivity index (χ3v) is 3.85. The van der Waals surface area contributed by atoms with Crippen LogP contribution in [0.4, 0.5) is 0 Å². The standard InChI is InChI=1S/C13H28N2/c1-4-15(10-12-6-5-7-12)9-8-13(2,3)11-14/h12H,4-11,14H2,1-3H3. The molecule has 1 saturated carbocycles. The van der Waals surface area contributed by atoms with Gasteiger partial charge in [0.1, 0.15) is 0 Å². The molecular formula is C13H28N2. The molecule has 0 saturated heterocycles. The highest BCUT2D eigenvalue weighted by atomic mass is 15.1. The van der Waals surface area contributed by atoms with E-state index in [0.29, 0.717) is 5.41 Å². The Morgan fingerprint density at radius 2 is 2.00 bits per heavy atom. The molecule has 0 aromatic heterocycles. The summed E-state index contributed by atoms with van der Waals surface area (Å²) in [5.74, 6) is 0.992. The molecule has 0 amide bonds. The van der Waals surface area contributed by atoms with E-state index >= 15 is 0 Å². The highest BCUT2D eigenvalue weighted by molar-refractivity contribution is 4.76. The minimum absolute atomic E-state index is 0.313. The van der Waals surface area contributed by atoms with E-state index in [2.05, 4.69) is 25.7 Å². The molecule has 2 N–H and O–H groups in total. The van der Waals surface area contributed by atoms with E-state index in [0.717, 1.165) is 12.5 Å². The number of rotatable bonds is 7. The van der Waals surface area contributed by atoms with E-state index < -0.39 is 0 Å². The molecule has 0 aliphatic heterocycles. The molecule has 1 aliphatic carbocycles. The summed E-state index contributed by atoms with van der Waals surface area (Å²) in [5.41, 5.74) is 6.07. The molecule has 0 radical (unpaired) electrons. The Balaban J connectivity index is 2.20. The Morgan fingerprint density at radius 1 is 1.33 bits per heavy atom. The third-order valence-electron chi connectivity index (χ3n) is 3.85. The van der Waals surface area contributed by atoms with Gasteiger partial charge in [-0.15, -0.1) is 0 Å². The van der Waals surface area contributed by atoms with E-state index in [-0.39, 0.29) is 0 Å². The van der Waals surface area contributed by atoms with Gasteiger partial charge < -0.3 is 10.6 Å². The number of nitrogens with zero attached hydrogens (tertiary/aromatic N) is 1. The van der Waals surface area contributed by atoms with E-state index in [9.17, 15) is 0 Å². The zero-order valence-electron chi connectivity index (χ0n) is 10.8. The molecular weight excluding hydrogens is 184 g/mol. The maximum absolute atomic E-state index is 5.75. The van der Waals surface area contributed by atoms with Crippen LogP contribution in [0.1, 0.15) is 46.5 Å². The van der Waals surface area contributed by atoms with Gasteiger partial charge in [-0.05, 0) is 50.2 Å². The van der Waals surface area contributed by atoms with Crippen molar-refractivity contribution in [2.75, 3.05) is 26.2 Å². The van der Waals surface area contributed by atoms with Gasteiger partial charge in [0.05, 0.1) is 0 Å². The van der Waals surface area contributed by atoms with Gasteiger partial charge in [-0.25, -0.2) is 0 Å². The lowest BCUT2D eigenvalue weighted by molar-refractivity contribution is 0.163. The zero-order valence-corrected chi connectivity index (χ0v) is 10.8. The van der Waals surface area contributed by atoms with E-state index in [4.69, 9.17) is 5.73 Å². The summed E-state index contributed by atoms with van der Waals surface area (Å²) in [4.78, 5) is 2.60. The van der Waals surface area contributed by atoms with Crippen LogP contribution in [-0.4, -0.2) is 31.1 Å². The van der Waals surface area contributed by atoms with Crippen LogP contribution in [0.25, 0.3) is 0 Å². The van der Waals surface area contributed by atoms with Crippen molar-refractivity contribution < 1.29 is 0 Å². The molecule has 2 nitrogen and oxygen atoms in total. The minimum Gasteiger partial charge on any atom is -0.330 e. The van der Waals surface area contributed by atoms with Gasteiger partial charge in [0.15, 0.2) is 0 Å². The second-order valence-electron chi connectivity index (χ2n) is 5.81. The molecule has 1 fully saturated rings. The molecule has 0 spiro atoms. The highest BCUT2D eigenvalue weighted by Crippen LogP contribution is 2.27. The van der Waals surface area contributed by atoms with Crippen LogP contribution in [0.3, 0.4) is 0 Å². The quantitative estimate of drug-likeness (QED) is 0.702. The summed E-state index contributed by atoms with van der Waals surface area (Å²) in [6.45, 7) is 11.3. The van der Waals surface area contributed by atoms with Crippen LogP contribution in [-0.2, 0) is 0 Å². The summed E-state index contributed by atoms with van der Waals surface area (Å²) in [6, 6.07) is 0. The molecule has 0 unspecified atom stereocenters. The van der Waals surface area contributed by atoms with Gasteiger partial charge in [-0.3, -0.25) is 0 Å². The highest BCUT2D eigenvalue weighted by Gasteiger charge is 2.21. The maximum Gasteiger partial charge on any atom is 0.000954 e. The van der Waals surface area contributed by atoms with Crippen molar-refractivity contribution in [3.05, 3.63) is 0 Å². The SMILES string of the molecule is CCN(CCC(C)(C)CN)CC1CCC1. The first-order valence-corrected chi connectivity index (χ1v) is 6.50. The molecule has 0 atom stereocenters. The van der Waals surface area contributed by atoms with Gasteiger partial charge in [0.25, 0.3) is 0 Å². The average Bonchev–Trinajstić information content (AvgIpc) is 2.15. The fourth-order valence-corrected chi connectivity index (χ4v) is 1.98. The smallest absolute Gasteiger partial charge is 0.000954 e. The fraction of sp³-hybridized carbons (Fsp3) is 1.00. The van der Waals surface area contributed by atoms with Crippen molar-refractivity contribution in [3.8, 4) is 0 Å². The molecule has 15 heavy (non-hydrogen) atoms. The van der Waals surface area contributed by atoms with E-state index in [1.807, 2.05) is 0 Å². The lowest BCUT2D eigenvalue weighted by Gasteiger charge is -2.33. The van der Waals surface area contributed by atoms with Crippen molar-refractivity contribution in [3.63, 3.8) is 0 Å². The summed E-state index contributed by atoms with van der Waals surface area (Å²) >= 11 is 0. The lowest BCUT2D eigenvalue weighted by Crippen LogP contribution is -2.36. The van der Waals surface area contributed by atoms with Crippen LogP contribution >= 0.6 is 0 Å². The van der Waals surface area contributed by atoms with Crippen LogP contribution in [0.15, 0.2) is 0 Å². The summed E-state index contributed by atoms with van der Waals surface area (Å²) < 4.78 is 0. The normalized spacial score (nSPS) is 18.2. The average molecular weight is 212 g/mol. The molecule has 1 rings (SSSR count). The van der Waals surface area contributed by atoms with E-state index in [1.54, 1.807) is 0 Å². The zero-order chi connectivity index (χ0) is 11.3. The maximum atomic E-state index is 5.75. The van der Waals surface area contributed by atoms with Crippen LogP contribution in [0.5, 0.6) is 0 Å². The first kappa shape index (κ1) is 13.0. The van der Waals surface area contributed by atoms with Crippen molar-refractivity contribution in [1.82, 2.24) is 4.90 Å². The summed E-state index contributed by atoms with van der Waals surface area (Å²) in [7, 11) is 0. The van der Waals surface area contributed by atoms with Gasteiger partial charge in [0, 0.05) is 6.54 Å². The molecule has 0 aromatic rings. The molecule has 90 valence electrons. The van der Waals surface area contributed by atoms with Crippen molar-refractivity contribution in [2.24, 2.45) is 17.1 Å². The number of nitrogens with two attached hydrogens (primary N) is 1. The summed E-state index contributed by atoms with van der Waals surface area (Å²) in [6.07, 6.45) is 5.59. The minimum atomic E-state index is 0.313. The predicted molar refractivity (Wildman–Crippen MR) is 66.9 cm³/mol. The molecule has 0 aromatic carbocycles. The molecule has 2 heteroatoms. The van der Waals surface area contributed by atoms with E-state index in [1.165, 1.54) is 45.3 Å². The molecule has 0 bridgehead atoms. The van der Waals surface area contributed by atoms with Crippen molar-refractivity contribution in [2.45, 2.75) is 46.5 Å². The first-order valence-electron chi connectivity index (χ1n) is 6.50. The largest absolute Gasteiger partial charge is 0.330 e. The Kier molecular flexibility index (Phi) is 5.07. The van der Waals surface area contributed by atoms with Crippen LogP contribution < -0.4 is 5.73 Å².